The molecule has 13 heteroatoms. The van der Waals surface area contributed by atoms with Gasteiger partial charge in [0.1, 0.15) is 28.5 Å². The minimum Gasteiger partial charge on any atom is -0.508 e. The molecular formula is C45H51N3O8SSi. The van der Waals surface area contributed by atoms with Gasteiger partial charge in [-0.15, -0.1) is 11.3 Å². The van der Waals surface area contributed by atoms with Gasteiger partial charge in [-0.2, -0.15) is 0 Å². The number of oxazole rings is 1. The van der Waals surface area contributed by atoms with Gasteiger partial charge in [-0.1, -0.05) is 99.6 Å². The van der Waals surface area contributed by atoms with Crippen LogP contribution in [0.1, 0.15) is 64.7 Å². The number of aryl methyl sites for hydroxylation is 1. The highest BCUT2D eigenvalue weighted by atomic mass is 32.1. The standard InChI is InChI=1S/C45H51N3O8SSi/c1-30-37-40(49)48(45(5,6)42(50)56-58(44(2,3)4,32-16-10-8-11-17-32)33-18-12-9-13-19-33)43(51)47(41(37)57-38(30)39-46-24-27-54-39)28-36(34-20-14-15-21-35(34)52-7)55-29-31-22-25-53-26-23-31/h8-21,24,27,31,36H,22-23,25-26,28-29H2,1-7H3/t36-/m0/s1. The zero-order valence-electron chi connectivity index (χ0n) is 34.2. The summed E-state index contributed by atoms with van der Waals surface area (Å²) in [4.78, 5) is 50.8. The number of ether oxygens (including phenoxy) is 3. The molecule has 7 rings (SSSR count). The number of rotatable bonds is 13. The number of benzene rings is 3. The summed E-state index contributed by atoms with van der Waals surface area (Å²) < 4.78 is 33.4. The van der Waals surface area contributed by atoms with E-state index in [-0.39, 0.29) is 17.8 Å². The number of hydrogen-bond donors (Lipinski definition) is 0. The van der Waals surface area contributed by atoms with Gasteiger partial charge >= 0.3 is 20.0 Å². The van der Waals surface area contributed by atoms with E-state index in [4.69, 9.17) is 23.1 Å². The first-order valence-electron chi connectivity index (χ1n) is 19.7. The van der Waals surface area contributed by atoms with E-state index < -0.39 is 42.2 Å². The number of aromatic nitrogens is 3. The first kappa shape index (κ1) is 41.1. The van der Waals surface area contributed by atoms with Crippen LogP contribution >= 0.6 is 11.3 Å². The van der Waals surface area contributed by atoms with Crippen LogP contribution in [-0.2, 0) is 30.8 Å². The van der Waals surface area contributed by atoms with Gasteiger partial charge in [-0.3, -0.25) is 14.2 Å². The number of fused-ring (bicyclic) bond motifs is 1. The van der Waals surface area contributed by atoms with Crippen LogP contribution < -0.4 is 26.4 Å². The summed E-state index contributed by atoms with van der Waals surface area (Å²) in [7, 11) is -1.84. The van der Waals surface area contributed by atoms with Crippen molar-refractivity contribution < 1.29 is 27.8 Å². The first-order chi connectivity index (χ1) is 27.8. The van der Waals surface area contributed by atoms with E-state index in [2.05, 4.69) is 25.8 Å². The third-order valence-corrected chi connectivity index (χ3v) is 17.5. The summed E-state index contributed by atoms with van der Waals surface area (Å²) >= 11 is 1.25. The Balaban J connectivity index is 1.42. The second-order valence-corrected chi connectivity index (χ2v) is 21.6. The van der Waals surface area contributed by atoms with E-state index in [1.165, 1.54) is 23.8 Å². The molecule has 6 aromatic rings. The van der Waals surface area contributed by atoms with Crippen LogP contribution in [0.15, 0.2) is 111 Å². The number of carbonyl (C=O) groups is 1. The van der Waals surface area contributed by atoms with Crippen LogP contribution in [0.4, 0.5) is 0 Å². The maximum absolute atomic E-state index is 15.3. The third-order valence-electron chi connectivity index (χ3n) is 11.3. The normalized spacial score (nSPS) is 14.7. The smallest absolute Gasteiger partial charge is 0.333 e. The van der Waals surface area contributed by atoms with Gasteiger partial charge in [-0.05, 0) is 66.6 Å². The molecular weight excluding hydrogens is 771 g/mol. The Bertz CT molecular complexity index is 2440. The van der Waals surface area contributed by atoms with Gasteiger partial charge in [0.15, 0.2) is 0 Å². The molecule has 11 nitrogen and oxygen atoms in total. The zero-order valence-corrected chi connectivity index (χ0v) is 36.0. The molecule has 4 heterocycles. The van der Waals surface area contributed by atoms with Crippen molar-refractivity contribution in [1.82, 2.24) is 14.1 Å². The summed E-state index contributed by atoms with van der Waals surface area (Å²) in [6.07, 6.45) is 4.07. The number of methoxy groups -OCH3 is 1. The zero-order chi connectivity index (χ0) is 41.2. The SMILES string of the molecule is COc1ccccc1[C@H](Cn1c(=O)n(C(C)(C)C(=O)O[Si](c2ccccc2)(c2ccccc2)C(C)(C)C)c(=O)c2c(C)c(-c3ncco3)sc21)OCC1CCOCC1. The third kappa shape index (κ3) is 7.52. The molecule has 0 unspecified atom stereocenters. The molecule has 1 aliphatic heterocycles. The lowest BCUT2D eigenvalue weighted by molar-refractivity contribution is -0.144. The topological polar surface area (TPSA) is 124 Å². The van der Waals surface area contributed by atoms with Crippen molar-refractivity contribution >= 4 is 46.2 Å². The number of carbonyl (C=O) groups excluding carboxylic acids is 1. The Morgan fingerprint density at radius 3 is 2.14 bits per heavy atom. The molecule has 1 fully saturated rings. The number of nitrogens with zero attached hydrogens (tertiary/aromatic N) is 3. The molecule has 3 aromatic heterocycles. The van der Waals surface area contributed by atoms with Crippen molar-refractivity contribution in [2.75, 3.05) is 26.9 Å². The van der Waals surface area contributed by atoms with Gasteiger partial charge < -0.3 is 23.1 Å². The van der Waals surface area contributed by atoms with E-state index >= 15 is 9.59 Å². The van der Waals surface area contributed by atoms with Gasteiger partial charge in [0.2, 0.25) is 5.89 Å². The fraction of sp³-hybridized carbons (Fsp3) is 0.378. The monoisotopic (exact) mass is 821 g/mol. The van der Waals surface area contributed by atoms with Crippen molar-refractivity contribution in [3.05, 3.63) is 129 Å². The van der Waals surface area contributed by atoms with E-state index in [9.17, 15) is 4.79 Å². The molecule has 0 bridgehead atoms. The average molecular weight is 822 g/mol. The Labute approximate surface area is 343 Å². The van der Waals surface area contributed by atoms with E-state index in [0.717, 1.165) is 33.3 Å². The van der Waals surface area contributed by atoms with Gasteiger partial charge in [0, 0.05) is 18.8 Å². The van der Waals surface area contributed by atoms with Gasteiger partial charge in [-0.25, -0.2) is 14.3 Å². The van der Waals surface area contributed by atoms with Crippen molar-refractivity contribution in [3.8, 4) is 16.5 Å². The van der Waals surface area contributed by atoms with Gasteiger partial charge in [0.05, 0.1) is 36.7 Å². The largest absolute Gasteiger partial charge is 0.508 e. The summed E-state index contributed by atoms with van der Waals surface area (Å²) in [5, 5.41) is 1.52. The lowest BCUT2D eigenvalue weighted by atomic mass is 10.0. The molecule has 1 atom stereocenters. The minimum absolute atomic E-state index is 0.0179. The first-order valence-corrected chi connectivity index (χ1v) is 22.4. The Kier molecular flexibility index (Phi) is 11.8. The highest BCUT2D eigenvalue weighted by Gasteiger charge is 2.55. The molecule has 1 aliphatic rings. The highest BCUT2D eigenvalue weighted by molar-refractivity contribution is 7.22. The maximum atomic E-state index is 15.3. The molecule has 3 aromatic carbocycles. The Morgan fingerprint density at radius 2 is 1.55 bits per heavy atom. The molecule has 0 saturated carbocycles. The summed E-state index contributed by atoms with van der Waals surface area (Å²) in [6, 6.07) is 27.2. The Morgan fingerprint density at radius 1 is 0.931 bits per heavy atom. The quantitative estimate of drug-likeness (QED) is 0.111. The van der Waals surface area contributed by atoms with Crippen LogP contribution in [0.25, 0.3) is 21.0 Å². The van der Waals surface area contributed by atoms with Crippen LogP contribution in [0, 0.1) is 12.8 Å². The molecule has 0 aliphatic carbocycles. The van der Waals surface area contributed by atoms with Crippen molar-refractivity contribution in [1.29, 1.82) is 0 Å². The second kappa shape index (κ2) is 16.6. The van der Waals surface area contributed by atoms with Crippen molar-refractivity contribution in [2.45, 2.75) is 77.6 Å². The minimum atomic E-state index is -3.44. The van der Waals surface area contributed by atoms with Crippen molar-refractivity contribution in [2.24, 2.45) is 5.92 Å². The highest BCUT2D eigenvalue weighted by Crippen LogP contribution is 2.40. The molecule has 0 amide bonds. The van der Waals surface area contributed by atoms with Gasteiger partial charge in [0.25, 0.3) is 5.56 Å². The molecule has 0 N–H and O–H groups in total. The fourth-order valence-electron chi connectivity index (χ4n) is 8.05. The molecule has 58 heavy (non-hydrogen) atoms. The van der Waals surface area contributed by atoms with E-state index in [1.807, 2.05) is 91.9 Å². The molecule has 0 radical (unpaired) electrons. The lowest BCUT2D eigenvalue weighted by Gasteiger charge is -2.43. The van der Waals surface area contributed by atoms with Crippen LogP contribution in [0.5, 0.6) is 5.75 Å². The summed E-state index contributed by atoms with van der Waals surface area (Å²) in [5.41, 5.74) is -1.71. The predicted molar refractivity (Wildman–Crippen MR) is 229 cm³/mol. The van der Waals surface area contributed by atoms with Crippen molar-refractivity contribution in [3.63, 3.8) is 0 Å². The predicted octanol–water partition coefficient (Wildman–Crippen LogP) is 7.22. The van der Waals surface area contributed by atoms with Crippen LogP contribution in [0.3, 0.4) is 0 Å². The van der Waals surface area contributed by atoms with E-state index in [0.29, 0.717) is 46.7 Å². The summed E-state index contributed by atoms with van der Waals surface area (Å²) in [5.74, 6) is 0.511. The Hall–Kier alpha value is -5.08. The summed E-state index contributed by atoms with van der Waals surface area (Å²) in [6.45, 7) is 13.0. The van der Waals surface area contributed by atoms with E-state index in [1.54, 1.807) is 25.5 Å². The molecule has 304 valence electrons. The fourth-order valence-corrected chi connectivity index (χ4v) is 13.7. The number of hydrogen-bond acceptors (Lipinski definition) is 10. The maximum Gasteiger partial charge on any atom is 0.333 e. The number of para-hydroxylation sites is 1. The molecule has 0 spiro atoms. The average Bonchev–Trinajstić information content (AvgIpc) is 3.88. The van der Waals surface area contributed by atoms with Crippen LogP contribution in [0.2, 0.25) is 5.04 Å². The molecule has 1 saturated heterocycles. The lowest BCUT2D eigenvalue weighted by Crippen LogP contribution is -2.69. The second-order valence-electron chi connectivity index (χ2n) is 16.3. The van der Waals surface area contributed by atoms with Crippen LogP contribution in [-0.4, -0.2) is 55.3 Å². The number of thiophene rings is 1.